The first-order chi connectivity index (χ1) is 16.1. The van der Waals surface area contributed by atoms with Crippen LogP contribution in [0.4, 0.5) is 11.6 Å². The van der Waals surface area contributed by atoms with Crippen molar-refractivity contribution in [3.05, 3.63) is 66.5 Å². The Morgan fingerprint density at radius 1 is 1.12 bits per heavy atom. The number of benzene rings is 2. The molecule has 7 nitrogen and oxygen atoms in total. The molecule has 0 bridgehead atoms. The van der Waals surface area contributed by atoms with Crippen LogP contribution in [0.5, 0.6) is 5.75 Å². The number of nitrogens with one attached hydrogen (secondary N) is 1. The van der Waals surface area contributed by atoms with E-state index in [4.69, 9.17) is 4.74 Å². The van der Waals surface area contributed by atoms with Crippen molar-refractivity contribution in [2.24, 2.45) is 0 Å². The second-order valence-corrected chi connectivity index (χ2v) is 9.09. The summed E-state index contributed by atoms with van der Waals surface area (Å²) >= 11 is 1.74. The van der Waals surface area contributed by atoms with Gasteiger partial charge in [0.25, 0.3) is 0 Å². The molecule has 1 aromatic heterocycles. The number of ether oxygens (including phenoxy) is 1. The van der Waals surface area contributed by atoms with Crippen LogP contribution in [-0.4, -0.2) is 56.8 Å². The number of aliphatic carboxylic acids is 1. The van der Waals surface area contributed by atoms with Crippen molar-refractivity contribution < 1.29 is 14.6 Å². The van der Waals surface area contributed by atoms with E-state index in [2.05, 4.69) is 39.2 Å². The number of thioether (sulfide) groups is 1. The maximum absolute atomic E-state index is 11.6. The van der Waals surface area contributed by atoms with E-state index in [0.717, 1.165) is 42.0 Å². The molecular weight excluding hydrogens is 436 g/mol. The second kappa shape index (κ2) is 10.7. The Morgan fingerprint density at radius 2 is 1.82 bits per heavy atom. The zero-order valence-electron chi connectivity index (χ0n) is 18.8. The Labute approximate surface area is 198 Å². The fraction of sp³-hybridized carbons (Fsp3) is 0.320. The SMILES string of the molecule is CCC1SC[C@H](C(=O)O)N1CCc1ccc(Nc2ncc(-c3ccc(OC)cc3)cn2)cc1. The van der Waals surface area contributed by atoms with Gasteiger partial charge in [0.2, 0.25) is 5.95 Å². The first-order valence-electron chi connectivity index (χ1n) is 11.0. The third-order valence-electron chi connectivity index (χ3n) is 5.79. The Bertz CT molecular complexity index is 1060. The molecule has 3 aromatic rings. The molecule has 1 saturated heterocycles. The van der Waals surface area contributed by atoms with Gasteiger partial charge < -0.3 is 15.2 Å². The minimum atomic E-state index is -0.726. The van der Waals surface area contributed by atoms with Crippen molar-refractivity contribution in [1.82, 2.24) is 14.9 Å². The minimum Gasteiger partial charge on any atom is -0.497 e. The lowest BCUT2D eigenvalue weighted by molar-refractivity contribution is -0.142. The van der Waals surface area contributed by atoms with Gasteiger partial charge in [0.1, 0.15) is 11.8 Å². The largest absolute Gasteiger partial charge is 0.497 e. The molecule has 8 heteroatoms. The van der Waals surface area contributed by atoms with Crippen LogP contribution in [0.15, 0.2) is 60.9 Å². The quantitative estimate of drug-likeness (QED) is 0.472. The highest BCUT2D eigenvalue weighted by Gasteiger charge is 2.36. The van der Waals surface area contributed by atoms with Gasteiger partial charge in [-0.3, -0.25) is 9.69 Å². The van der Waals surface area contributed by atoms with Gasteiger partial charge in [0.05, 0.1) is 12.5 Å². The van der Waals surface area contributed by atoms with Crippen molar-refractivity contribution in [2.45, 2.75) is 31.2 Å². The average molecular weight is 465 g/mol. The molecule has 1 fully saturated rings. The van der Waals surface area contributed by atoms with Gasteiger partial charge in [0.15, 0.2) is 0 Å². The Hall–Kier alpha value is -3.10. The molecule has 0 aliphatic carbocycles. The fourth-order valence-electron chi connectivity index (χ4n) is 3.93. The molecule has 2 aromatic carbocycles. The summed E-state index contributed by atoms with van der Waals surface area (Å²) in [5.41, 5.74) is 4.04. The van der Waals surface area contributed by atoms with Crippen LogP contribution < -0.4 is 10.1 Å². The number of carbonyl (C=O) groups is 1. The highest BCUT2D eigenvalue weighted by Crippen LogP contribution is 2.31. The summed E-state index contributed by atoms with van der Waals surface area (Å²) in [6.07, 6.45) is 5.36. The van der Waals surface area contributed by atoms with Crippen molar-refractivity contribution in [3.8, 4) is 16.9 Å². The first-order valence-corrected chi connectivity index (χ1v) is 12.0. The van der Waals surface area contributed by atoms with E-state index in [-0.39, 0.29) is 11.4 Å². The summed E-state index contributed by atoms with van der Waals surface area (Å²) in [4.78, 5) is 22.5. The van der Waals surface area contributed by atoms with Crippen LogP contribution in [0.25, 0.3) is 11.1 Å². The normalized spacial score (nSPS) is 18.2. The molecule has 1 aliphatic rings. The fourth-order valence-corrected chi connectivity index (χ4v) is 5.34. The van der Waals surface area contributed by atoms with Gasteiger partial charge in [-0.05, 0) is 48.2 Å². The summed E-state index contributed by atoms with van der Waals surface area (Å²) in [6, 6.07) is 15.5. The number of hydrogen-bond acceptors (Lipinski definition) is 7. The van der Waals surface area contributed by atoms with Crippen LogP contribution >= 0.6 is 11.8 Å². The maximum Gasteiger partial charge on any atom is 0.321 e. The van der Waals surface area contributed by atoms with Crippen molar-refractivity contribution in [3.63, 3.8) is 0 Å². The monoisotopic (exact) mass is 464 g/mol. The van der Waals surface area contributed by atoms with Gasteiger partial charge >= 0.3 is 5.97 Å². The molecule has 1 aliphatic heterocycles. The number of nitrogens with zero attached hydrogens (tertiary/aromatic N) is 3. The highest BCUT2D eigenvalue weighted by atomic mass is 32.2. The number of carboxylic acids is 1. The lowest BCUT2D eigenvalue weighted by atomic mass is 10.1. The van der Waals surface area contributed by atoms with Crippen molar-refractivity contribution in [2.75, 3.05) is 24.7 Å². The molecular formula is C25H28N4O3S. The number of aromatic nitrogens is 2. The predicted octanol–water partition coefficient (Wildman–Crippen LogP) is 4.68. The van der Waals surface area contributed by atoms with Gasteiger partial charge in [-0.25, -0.2) is 9.97 Å². The Kier molecular flexibility index (Phi) is 7.47. The smallest absolute Gasteiger partial charge is 0.321 e. The molecule has 2 N–H and O–H groups in total. The van der Waals surface area contributed by atoms with Crippen LogP contribution in [0.2, 0.25) is 0 Å². The topological polar surface area (TPSA) is 87.6 Å². The summed E-state index contributed by atoms with van der Waals surface area (Å²) in [5, 5.41) is 13.0. The molecule has 172 valence electrons. The Balaban J connectivity index is 1.34. The van der Waals surface area contributed by atoms with E-state index in [1.54, 1.807) is 31.3 Å². The van der Waals surface area contributed by atoms with Gasteiger partial charge in [-0.2, -0.15) is 0 Å². The van der Waals surface area contributed by atoms with E-state index in [1.807, 2.05) is 36.4 Å². The number of carboxylic acid groups (broad SMARTS) is 1. The minimum absolute atomic E-state index is 0.282. The zero-order chi connectivity index (χ0) is 23.2. The third kappa shape index (κ3) is 5.64. The number of hydrogen-bond donors (Lipinski definition) is 2. The van der Waals surface area contributed by atoms with Crippen molar-refractivity contribution in [1.29, 1.82) is 0 Å². The molecule has 1 unspecified atom stereocenters. The van der Waals surface area contributed by atoms with Crippen molar-refractivity contribution >= 4 is 29.4 Å². The van der Waals surface area contributed by atoms with E-state index < -0.39 is 5.97 Å². The third-order valence-corrected chi connectivity index (χ3v) is 7.29. The Morgan fingerprint density at radius 3 is 2.42 bits per heavy atom. The molecule has 4 rings (SSSR count). The van der Waals surface area contributed by atoms with Crippen LogP contribution in [0.3, 0.4) is 0 Å². The second-order valence-electron chi connectivity index (χ2n) is 7.88. The number of anilines is 2. The summed E-state index contributed by atoms with van der Waals surface area (Å²) in [6.45, 7) is 2.85. The summed E-state index contributed by atoms with van der Waals surface area (Å²) < 4.78 is 5.20. The van der Waals surface area contributed by atoms with E-state index >= 15 is 0 Å². The molecule has 0 amide bonds. The molecule has 33 heavy (non-hydrogen) atoms. The van der Waals surface area contributed by atoms with Gasteiger partial charge in [-0.15, -0.1) is 11.8 Å². The summed E-state index contributed by atoms with van der Waals surface area (Å²) in [7, 11) is 1.65. The molecule has 0 saturated carbocycles. The van der Waals surface area contributed by atoms with Crippen LogP contribution in [0.1, 0.15) is 18.9 Å². The first kappa shape index (κ1) is 23.1. The molecule has 0 spiro atoms. The van der Waals surface area contributed by atoms with Crippen LogP contribution in [0, 0.1) is 0 Å². The van der Waals surface area contributed by atoms with E-state index in [9.17, 15) is 9.90 Å². The lowest BCUT2D eigenvalue weighted by Gasteiger charge is -2.26. The number of methoxy groups -OCH3 is 1. The lowest BCUT2D eigenvalue weighted by Crippen LogP contribution is -2.42. The molecule has 2 atom stereocenters. The number of rotatable bonds is 9. The summed E-state index contributed by atoms with van der Waals surface area (Å²) in [5.74, 6) is 1.28. The standard InChI is InChI=1S/C25H28N4O3S/c1-3-23-29(22(16-33-23)24(30)31)13-12-17-4-8-20(9-5-17)28-25-26-14-19(15-27-25)18-6-10-21(32-2)11-7-18/h4-11,14-15,22-23H,3,12-13,16H2,1-2H3,(H,30,31)(H,26,27,28)/t22-,23?/m1/s1. The zero-order valence-corrected chi connectivity index (χ0v) is 19.6. The predicted molar refractivity (Wildman–Crippen MR) is 132 cm³/mol. The van der Waals surface area contributed by atoms with Crippen LogP contribution in [-0.2, 0) is 11.2 Å². The van der Waals surface area contributed by atoms with Gasteiger partial charge in [-0.1, -0.05) is 31.2 Å². The average Bonchev–Trinajstić information content (AvgIpc) is 3.27. The maximum atomic E-state index is 11.6. The molecule has 2 heterocycles. The van der Waals surface area contributed by atoms with E-state index in [1.165, 1.54) is 5.56 Å². The van der Waals surface area contributed by atoms with Gasteiger partial charge in [0, 0.05) is 35.9 Å². The highest BCUT2D eigenvalue weighted by molar-refractivity contribution is 8.00. The van der Waals surface area contributed by atoms with E-state index in [0.29, 0.717) is 11.7 Å². The molecule has 0 radical (unpaired) electrons.